The first-order valence-electron chi connectivity index (χ1n) is 4.87. The molecule has 1 aromatic rings. The second kappa shape index (κ2) is 6.55. The Morgan fingerprint density at radius 2 is 2.18 bits per heavy atom. The van der Waals surface area contributed by atoms with E-state index in [0.717, 1.165) is 6.42 Å². The highest BCUT2D eigenvalue weighted by atomic mass is 32.1. The van der Waals surface area contributed by atoms with E-state index in [4.69, 9.17) is 4.74 Å². The van der Waals surface area contributed by atoms with Crippen LogP contribution in [0.25, 0.3) is 0 Å². The van der Waals surface area contributed by atoms with Gasteiger partial charge in [0.15, 0.2) is 0 Å². The average Bonchev–Trinajstić information content (AvgIpc) is 2.71. The predicted octanol–water partition coefficient (Wildman–Crippen LogP) is 2.56. The maximum Gasteiger partial charge on any atom is 0.452 e. The summed E-state index contributed by atoms with van der Waals surface area (Å²) in [5, 5.41) is 2.85. The zero-order valence-electron chi connectivity index (χ0n) is 8.96. The Hall–Kier alpha value is -1.15. The van der Waals surface area contributed by atoms with E-state index in [1.165, 1.54) is 0 Å². The van der Waals surface area contributed by atoms with Crippen molar-refractivity contribution in [3.8, 4) is 0 Å². The van der Waals surface area contributed by atoms with E-state index in [9.17, 15) is 13.2 Å². The number of hydrogen-bond donors (Lipinski definition) is 1. The number of alkyl halides is 3. The fraction of sp³-hybridized carbons (Fsp3) is 0.556. The molecule has 0 saturated heterocycles. The number of nitrogens with one attached hydrogen (secondary N) is 1. The van der Waals surface area contributed by atoms with Gasteiger partial charge in [-0.15, -0.1) is 6.58 Å². The first kappa shape index (κ1) is 13.9. The van der Waals surface area contributed by atoms with Crippen LogP contribution in [0.4, 0.5) is 18.3 Å². The lowest BCUT2D eigenvalue weighted by atomic mass is 10.4. The van der Waals surface area contributed by atoms with Gasteiger partial charge < -0.3 is 10.1 Å². The predicted molar refractivity (Wildman–Crippen MR) is 59.0 cm³/mol. The maximum absolute atomic E-state index is 12.1. The van der Waals surface area contributed by atoms with E-state index in [-0.39, 0.29) is 5.13 Å². The molecule has 1 N–H and O–H groups in total. The Morgan fingerprint density at radius 3 is 2.76 bits per heavy atom. The molecule has 96 valence electrons. The first-order valence-corrected chi connectivity index (χ1v) is 5.65. The standard InChI is InChI=1S/C9H12F3N3OS/c1-2-3-5-16-6-4-13-8-14-7(15-17-8)9(10,11)12/h2H,1,3-6H2,(H,13,14,15). The van der Waals surface area contributed by atoms with Gasteiger partial charge in [0, 0.05) is 18.1 Å². The first-order chi connectivity index (χ1) is 8.04. The summed E-state index contributed by atoms with van der Waals surface area (Å²) in [5.41, 5.74) is 0. The minimum absolute atomic E-state index is 0.143. The number of rotatable bonds is 7. The van der Waals surface area contributed by atoms with Gasteiger partial charge in [-0.3, -0.25) is 0 Å². The molecule has 0 bridgehead atoms. The zero-order valence-corrected chi connectivity index (χ0v) is 9.77. The molecule has 0 aromatic carbocycles. The van der Waals surface area contributed by atoms with Crippen LogP contribution >= 0.6 is 11.5 Å². The number of anilines is 1. The van der Waals surface area contributed by atoms with Crippen molar-refractivity contribution in [1.29, 1.82) is 0 Å². The van der Waals surface area contributed by atoms with Crippen LogP contribution in [-0.4, -0.2) is 29.1 Å². The van der Waals surface area contributed by atoms with Gasteiger partial charge in [-0.2, -0.15) is 22.5 Å². The van der Waals surface area contributed by atoms with Crippen molar-refractivity contribution in [3.63, 3.8) is 0 Å². The largest absolute Gasteiger partial charge is 0.452 e. The van der Waals surface area contributed by atoms with E-state index in [0.29, 0.717) is 31.3 Å². The summed E-state index contributed by atoms with van der Waals surface area (Å²) in [6, 6.07) is 0. The molecule has 4 nitrogen and oxygen atoms in total. The number of hydrogen-bond acceptors (Lipinski definition) is 5. The number of halogens is 3. The van der Waals surface area contributed by atoms with Gasteiger partial charge in [0.2, 0.25) is 11.0 Å². The zero-order chi connectivity index (χ0) is 12.7. The second-order valence-electron chi connectivity index (χ2n) is 3.04. The number of ether oxygens (including phenoxy) is 1. The summed E-state index contributed by atoms with van der Waals surface area (Å²) in [7, 11) is 0. The van der Waals surface area contributed by atoms with Crippen molar-refractivity contribution in [1.82, 2.24) is 9.36 Å². The third-order valence-corrected chi connectivity index (χ3v) is 2.34. The van der Waals surface area contributed by atoms with Crippen molar-refractivity contribution in [2.45, 2.75) is 12.6 Å². The molecule has 0 atom stereocenters. The minimum Gasteiger partial charge on any atom is -0.379 e. The molecule has 0 saturated carbocycles. The monoisotopic (exact) mass is 267 g/mol. The van der Waals surface area contributed by atoms with Crippen LogP contribution in [0, 0.1) is 0 Å². The van der Waals surface area contributed by atoms with Gasteiger partial charge in [-0.05, 0) is 6.42 Å². The van der Waals surface area contributed by atoms with E-state index >= 15 is 0 Å². The van der Waals surface area contributed by atoms with Crippen LogP contribution < -0.4 is 5.32 Å². The Kier molecular flexibility index (Phi) is 5.36. The molecule has 0 aliphatic rings. The van der Waals surface area contributed by atoms with Crippen molar-refractivity contribution in [2.24, 2.45) is 0 Å². The van der Waals surface area contributed by atoms with Crippen molar-refractivity contribution < 1.29 is 17.9 Å². The average molecular weight is 267 g/mol. The van der Waals surface area contributed by atoms with Gasteiger partial charge in [-0.25, -0.2) is 0 Å². The Bertz CT molecular complexity index is 354. The highest BCUT2D eigenvalue weighted by molar-refractivity contribution is 7.09. The topological polar surface area (TPSA) is 47.0 Å². The maximum atomic E-state index is 12.1. The number of nitrogens with zero attached hydrogens (tertiary/aromatic N) is 2. The van der Waals surface area contributed by atoms with E-state index in [2.05, 4.69) is 21.3 Å². The molecule has 0 fully saturated rings. The van der Waals surface area contributed by atoms with Gasteiger partial charge in [0.1, 0.15) is 0 Å². The van der Waals surface area contributed by atoms with Crippen molar-refractivity contribution >= 4 is 16.7 Å². The highest BCUT2D eigenvalue weighted by Crippen LogP contribution is 2.28. The molecule has 0 unspecified atom stereocenters. The van der Waals surface area contributed by atoms with Crippen LogP contribution in [0.3, 0.4) is 0 Å². The SMILES string of the molecule is C=CCCOCCNc1nc(C(F)(F)F)ns1. The molecule has 17 heavy (non-hydrogen) atoms. The van der Waals surface area contributed by atoms with Gasteiger partial charge in [0.05, 0.1) is 13.2 Å². The normalized spacial score (nSPS) is 11.5. The van der Waals surface area contributed by atoms with Gasteiger partial charge >= 0.3 is 6.18 Å². The molecule has 0 radical (unpaired) electrons. The summed E-state index contributed by atoms with van der Waals surface area (Å²) >= 11 is 0.681. The highest BCUT2D eigenvalue weighted by Gasteiger charge is 2.35. The van der Waals surface area contributed by atoms with E-state index in [1.807, 2.05) is 0 Å². The molecule has 1 rings (SSSR count). The van der Waals surface area contributed by atoms with Crippen LogP contribution in [0.5, 0.6) is 0 Å². The molecule has 8 heteroatoms. The summed E-state index contributed by atoms with van der Waals surface area (Å²) in [5.74, 6) is -1.11. The molecule has 0 spiro atoms. The molecular formula is C9H12F3N3OS. The molecule has 0 aliphatic heterocycles. The van der Waals surface area contributed by atoms with Crippen molar-refractivity contribution in [2.75, 3.05) is 25.1 Å². The lowest BCUT2D eigenvalue weighted by Crippen LogP contribution is -2.11. The van der Waals surface area contributed by atoms with Crippen LogP contribution in [0.2, 0.25) is 0 Å². The van der Waals surface area contributed by atoms with Crippen molar-refractivity contribution in [3.05, 3.63) is 18.5 Å². The number of aromatic nitrogens is 2. The fourth-order valence-corrected chi connectivity index (χ4v) is 1.52. The van der Waals surface area contributed by atoms with Crippen LogP contribution in [0.15, 0.2) is 12.7 Å². The smallest absolute Gasteiger partial charge is 0.379 e. The van der Waals surface area contributed by atoms with Crippen LogP contribution in [-0.2, 0) is 10.9 Å². The third-order valence-electron chi connectivity index (χ3n) is 1.67. The quantitative estimate of drug-likeness (QED) is 0.609. The van der Waals surface area contributed by atoms with E-state index < -0.39 is 12.0 Å². The summed E-state index contributed by atoms with van der Waals surface area (Å²) < 4.78 is 44.8. The summed E-state index contributed by atoms with van der Waals surface area (Å²) in [6.45, 7) is 4.87. The van der Waals surface area contributed by atoms with Gasteiger partial charge in [0.25, 0.3) is 0 Å². The molecule has 0 aliphatic carbocycles. The van der Waals surface area contributed by atoms with Crippen LogP contribution in [0.1, 0.15) is 12.2 Å². The summed E-state index contributed by atoms with van der Waals surface area (Å²) in [4.78, 5) is 3.32. The molecular weight excluding hydrogens is 255 g/mol. The summed E-state index contributed by atoms with van der Waals surface area (Å²) in [6.07, 6.45) is -2.01. The molecule has 0 amide bonds. The minimum atomic E-state index is -4.49. The lowest BCUT2D eigenvalue weighted by Gasteiger charge is -2.03. The molecule has 1 heterocycles. The third kappa shape index (κ3) is 5.14. The fourth-order valence-electron chi connectivity index (χ4n) is 0.909. The van der Waals surface area contributed by atoms with E-state index in [1.54, 1.807) is 6.08 Å². The van der Waals surface area contributed by atoms with Gasteiger partial charge in [-0.1, -0.05) is 6.08 Å². The Labute approximate surface area is 101 Å². The Morgan fingerprint density at radius 1 is 1.41 bits per heavy atom. The Balaban J connectivity index is 2.24. The molecule has 1 aromatic heterocycles. The lowest BCUT2D eigenvalue weighted by molar-refractivity contribution is -0.144. The second-order valence-corrected chi connectivity index (χ2v) is 3.79.